The Morgan fingerprint density at radius 1 is 1.17 bits per heavy atom. The summed E-state index contributed by atoms with van der Waals surface area (Å²) in [4.78, 5) is 21.8. The van der Waals surface area contributed by atoms with Crippen molar-refractivity contribution in [1.82, 2.24) is 9.97 Å². The van der Waals surface area contributed by atoms with Gasteiger partial charge >= 0.3 is 0 Å². The highest BCUT2D eigenvalue weighted by molar-refractivity contribution is 7.17. The zero-order chi connectivity index (χ0) is 20.2. The summed E-state index contributed by atoms with van der Waals surface area (Å²) in [6.45, 7) is -0.216. The fraction of sp³-hybridized carbons (Fsp3) is 0.0952. The lowest BCUT2D eigenvalue weighted by Gasteiger charge is -2.11. The van der Waals surface area contributed by atoms with Gasteiger partial charge in [0, 0.05) is 16.0 Å². The molecule has 0 atom stereocenters. The van der Waals surface area contributed by atoms with Crippen molar-refractivity contribution in [3.63, 3.8) is 0 Å². The molecule has 0 fully saturated rings. The summed E-state index contributed by atoms with van der Waals surface area (Å²) in [5.74, 6) is 0.522. The third-order valence-corrected chi connectivity index (χ3v) is 5.32. The van der Waals surface area contributed by atoms with Crippen molar-refractivity contribution in [1.29, 1.82) is 0 Å². The molecule has 0 saturated heterocycles. The van der Waals surface area contributed by atoms with Gasteiger partial charge < -0.3 is 14.8 Å². The van der Waals surface area contributed by atoms with Crippen LogP contribution in [-0.4, -0.2) is 29.6 Å². The van der Waals surface area contributed by atoms with Gasteiger partial charge in [-0.05, 0) is 23.8 Å². The molecule has 0 radical (unpaired) electrons. The molecule has 8 heteroatoms. The molecule has 2 aromatic carbocycles. The van der Waals surface area contributed by atoms with Crippen LogP contribution in [0.4, 0.5) is 5.69 Å². The molecule has 0 aliphatic carbocycles. The molecule has 2 aromatic heterocycles. The van der Waals surface area contributed by atoms with Gasteiger partial charge in [0.15, 0.2) is 6.61 Å². The van der Waals surface area contributed by atoms with Gasteiger partial charge in [0.1, 0.15) is 16.9 Å². The quantitative estimate of drug-likeness (QED) is 0.468. The van der Waals surface area contributed by atoms with Gasteiger partial charge in [-0.15, -0.1) is 11.3 Å². The normalized spacial score (nSPS) is 10.7. The number of carbonyl (C=O) groups excluding carboxylic acids is 1. The zero-order valence-electron chi connectivity index (χ0n) is 15.4. The molecule has 0 aliphatic heterocycles. The predicted octanol–water partition coefficient (Wildman–Crippen LogP) is 5.04. The van der Waals surface area contributed by atoms with Gasteiger partial charge in [0.2, 0.25) is 5.88 Å². The van der Waals surface area contributed by atoms with E-state index >= 15 is 0 Å². The van der Waals surface area contributed by atoms with Crippen LogP contribution < -0.4 is 14.8 Å². The van der Waals surface area contributed by atoms with Crippen molar-refractivity contribution in [3.8, 4) is 22.8 Å². The molecule has 4 rings (SSSR count). The molecule has 146 valence electrons. The van der Waals surface area contributed by atoms with E-state index in [2.05, 4.69) is 15.3 Å². The monoisotopic (exact) mass is 425 g/mol. The van der Waals surface area contributed by atoms with Crippen LogP contribution in [0.5, 0.6) is 11.6 Å². The molecular weight excluding hydrogens is 410 g/mol. The second-order valence-corrected chi connectivity index (χ2v) is 7.35. The van der Waals surface area contributed by atoms with Crippen molar-refractivity contribution in [2.45, 2.75) is 0 Å². The minimum atomic E-state index is -0.353. The number of ether oxygens (including phenoxy) is 2. The lowest BCUT2D eigenvalue weighted by atomic mass is 10.1. The Morgan fingerprint density at radius 2 is 2.00 bits per heavy atom. The molecule has 2 heterocycles. The van der Waals surface area contributed by atoms with Gasteiger partial charge in [-0.3, -0.25) is 4.79 Å². The molecule has 4 aromatic rings. The minimum Gasteiger partial charge on any atom is -0.495 e. The molecule has 0 bridgehead atoms. The molecule has 0 unspecified atom stereocenters. The van der Waals surface area contributed by atoms with Crippen LogP contribution in [0.2, 0.25) is 5.02 Å². The SMILES string of the molecule is COc1ccc(Cl)cc1NC(=O)COc1ncnc2scc(-c3ccccc3)c12. The van der Waals surface area contributed by atoms with Crippen molar-refractivity contribution < 1.29 is 14.3 Å². The van der Waals surface area contributed by atoms with Crippen molar-refractivity contribution in [2.75, 3.05) is 19.0 Å². The molecule has 0 aliphatic rings. The van der Waals surface area contributed by atoms with Crippen molar-refractivity contribution in [3.05, 3.63) is 65.3 Å². The second kappa shape index (κ2) is 8.46. The van der Waals surface area contributed by atoms with E-state index in [9.17, 15) is 4.79 Å². The summed E-state index contributed by atoms with van der Waals surface area (Å²) in [7, 11) is 1.52. The van der Waals surface area contributed by atoms with Gasteiger partial charge in [-0.2, -0.15) is 0 Å². The maximum atomic E-state index is 12.4. The highest BCUT2D eigenvalue weighted by Crippen LogP contribution is 2.37. The zero-order valence-corrected chi connectivity index (χ0v) is 17.0. The lowest BCUT2D eigenvalue weighted by molar-refractivity contribution is -0.118. The number of thiophene rings is 1. The average Bonchev–Trinajstić information content (AvgIpc) is 3.18. The summed E-state index contributed by atoms with van der Waals surface area (Å²) in [5, 5.41) is 6.04. The average molecular weight is 426 g/mol. The number of hydrogen-bond acceptors (Lipinski definition) is 6. The minimum absolute atomic E-state index is 0.216. The van der Waals surface area contributed by atoms with Crippen LogP contribution in [0.15, 0.2) is 60.2 Å². The van der Waals surface area contributed by atoms with Crippen molar-refractivity contribution >= 4 is 44.7 Å². The Hall–Kier alpha value is -3.16. The highest BCUT2D eigenvalue weighted by Gasteiger charge is 2.16. The summed E-state index contributed by atoms with van der Waals surface area (Å²) in [5.41, 5.74) is 2.48. The van der Waals surface area contributed by atoms with E-state index in [1.54, 1.807) is 18.2 Å². The number of fused-ring (bicyclic) bond motifs is 1. The fourth-order valence-electron chi connectivity index (χ4n) is 2.89. The number of nitrogens with one attached hydrogen (secondary N) is 1. The first-order valence-electron chi connectivity index (χ1n) is 8.69. The first-order valence-corrected chi connectivity index (χ1v) is 9.95. The molecule has 6 nitrogen and oxygen atoms in total. The van der Waals surface area contributed by atoms with E-state index in [-0.39, 0.29) is 12.5 Å². The number of benzene rings is 2. The van der Waals surface area contributed by atoms with Gasteiger partial charge in [0.05, 0.1) is 18.2 Å². The smallest absolute Gasteiger partial charge is 0.262 e. The number of amides is 1. The van der Waals surface area contributed by atoms with E-state index in [0.717, 1.165) is 21.3 Å². The largest absolute Gasteiger partial charge is 0.495 e. The standard InChI is InChI=1S/C21H16ClN3O3S/c1-27-17-8-7-14(22)9-16(17)25-18(26)10-28-20-19-15(13-5-3-2-4-6-13)11-29-21(19)24-12-23-20/h2-9,11-12H,10H2,1H3,(H,25,26). The first-order chi connectivity index (χ1) is 14.2. The Kier molecular flexibility index (Phi) is 5.59. The Morgan fingerprint density at radius 3 is 2.79 bits per heavy atom. The Bertz CT molecular complexity index is 1160. The molecule has 0 spiro atoms. The topological polar surface area (TPSA) is 73.3 Å². The first kappa shape index (κ1) is 19.2. The van der Waals surface area contributed by atoms with Crippen LogP contribution in [0.1, 0.15) is 0 Å². The molecule has 29 heavy (non-hydrogen) atoms. The Balaban J connectivity index is 1.55. The fourth-order valence-corrected chi connectivity index (χ4v) is 3.96. The summed E-state index contributed by atoms with van der Waals surface area (Å²) < 4.78 is 11.0. The van der Waals surface area contributed by atoms with E-state index in [1.807, 2.05) is 35.7 Å². The number of methoxy groups -OCH3 is 1. The van der Waals surface area contributed by atoms with Gasteiger partial charge in [-0.25, -0.2) is 9.97 Å². The molecule has 0 saturated carbocycles. The van der Waals surface area contributed by atoms with E-state index in [0.29, 0.717) is 22.3 Å². The third-order valence-electron chi connectivity index (χ3n) is 4.20. The number of rotatable bonds is 6. The highest BCUT2D eigenvalue weighted by atomic mass is 35.5. The maximum absolute atomic E-state index is 12.4. The predicted molar refractivity (Wildman–Crippen MR) is 115 cm³/mol. The maximum Gasteiger partial charge on any atom is 0.262 e. The van der Waals surface area contributed by atoms with E-state index < -0.39 is 0 Å². The lowest BCUT2D eigenvalue weighted by Crippen LogP contribution is -2.21. The summed E-state index contributed by atoms with van der Waals surface area (Å²) in [6.07, 6.45) is 1.43. The van der Waals surface area contributed by atoms with Crippen molar-refractivity contribution in [2.24, 2.45) is 0 Å². The number of nitrogens with zero attached hydrogens (tertiary/aromatic N) is 2. The van der Waals surface area contributed by atoms with Crippen LogP contribution in [0.25, 0.3) is 21.3 Å². The molecular formula is C21H16ClN3O3S. The van der Waals surface area contributed by atoms with Crippen LogP contribution in [-0.2, 0) is 4.79 Å². The summed E-state index contributed by atoms with van der Waals surface area (Å²) >= 11 is 7.51. The van der Waals surface area contributed by atoms with E-state index in [4.69, 9.17) is 21.1 Å². The number of aromatic nitrogens is 2. The molecule has 1 amide bonds. The number of carbonyl (C=O) groups is 1. The van der Waals surface area contributed by atoms with Crippen LogP contribution >= 0.6 is 22.9 Å². The molecule has 1 N–H and O–H groups in total. The third kappa shape index (κ3) is 4.16. The van der Waals surface area contributed by atoms with Crippen LogP contribution in [0.3, 0.4) is 0 Å². The number of anilines is 1. The van der Waals surface area contributed by atoms with Crippen LogP contribution in [0, 0.1) is 0 Å². The van der Waals surface area contributed by atoms with Gasteiger partial charge in [0.25, 0.3) is 5.91 Å². The Labute approximate surface area is 176 Å². The van der Waals surface area contributed by atoms with Gasteiger partial charge in [-0.1, -0.05) is 41.9 Å². The number of halogens is 1. The van der Waals surface area contributed by atoms with E-state index in [1.165, 1.54) is 24.8 Å². The number of hydrogen-bond donors (Lipinski definition) is 1. The second-order valence-electron chi connectivity index (χ2n) is 6.06. The summed E-state index contributed by atoms with van der Waals surface area (Å²) in [6, 6.07) is 14.9.